The molecule has 4 aromatic carbocycles. The van der Waals surface area contributed by atoms with E-state index in [9.17, 15) is 9.59 Å². The Morgan fingerprint density at radius 1 is 0.697 bits per heavy atom. The molecule has 33 heavy (non-hydrogen) atoms. The maximum absolute atomic E-state index is 13.4. The van der Waals surface area contributed by atoms with Crippen LogP contribution in [0.5, 0.6) is 0 Å². The van der Waals surface area contributed by atoms with E-state index >= 15 is 0 Å². The van der Waals surface area contributed by atoms with Crippen molar-refractivity contribution < 1.29 is 9.59 Å². The summed E-state index contributed by atoms with van der Waals surface area (Å²) in [5, 5.41) is 4.52. The van der Waals surface area contributed by atoms with Gasteiger partial charge in [0.05, 0.1) is 13.1 Å². The Balaban J connectivity index is 1.55. The van der Waals surface area contributed by atoms with E-state index in [1.54, 1.807) is 4.90 Å². The number of nitrogens with zero attached hydrogens (tertiary/aromatic N) is 1. The summed E-state index contributed by atoms with van der Waals surface area (Å²) in [6, 6.07) is 28.5. The van der Waals surface area contributed by atoms with Crippen molar-refractivity contribution in [2.75, 3.05) is 13.1 Å². The molecule has 0 spiro atoms. The first-order valence-corrected chi connectivity index (χ1v) is 11.0. The van der Waals surface area contributed by atoms with E-state index in [0.717, 1.165) is 32.7 Å². The Morgan fingerprint density at radius 3 is 1.61 bits per heavy atom. The van der Waals surface area contributed by atoms with Crippen LogP contribution < -0.4 is 0 Å². The number of hydrogen-bond acceptors (Lipinski definition) is 2. The molecular weight excluding hydrogens is 406 g/mol. The molecular formula is C30H23NO2. The van der Waals surface area contributed by atoms with Crippen LogP contribution in [-0.4, -0.2) is 29.7 Å². The molecule has 0 aromatic heterocycles. The quantitative estimate of drug-likeness (QED) is 0.371. The molecule has 1 amide bonds. The van der Waals surface area contributed by atoms with E-state index in [1.807, 2.05) is 60.7 Å². The lowest BCUT2D eigenvalue weighted by molar-refractivity contribution is -0.126. The van der Waals surface area contributed by atoms with Crippen LogP contribution in [0, 0.1) is 0 Å². The summed E-state index contributed by atoms with van der Waals surface area (Å²) >= 11 is 0. The molecule has 0 N–H and O–H groups in total. The average Bonchev–Trinajstić information content (AvgIpc) is 2.85. The number of amides is 1. The number of likely N-dealkylation sites (tertiary alicyclic amines) is 1. The van der Waals surface area contributed by atoms with Gasteiger partial charge in [-0.3, -0.25) is 9.59 Å². The second kappa shape index (κ2) is 8.71. The van der Waals surface area contributed by atoms with E-state index in [-0.39, 0.29) is 24.8 Å². The van der Waals surface area contributed by atoms with Gasteiger partial charge in [0, 0.05) is 11.1 Å². The Morgan fingerprint density at radius 2 is 1.15 bits per heavy atom. The molecule has 0 bridgehead atoms. The van der Waals surface area contributed by atoms with Crippen LogP contribution in [0.4, 0.5) is 0 Å². The number of fused-ring (bicyclic) bond motifs is 2. The molecule has 3 heteroatoms. The third-order valence-electron chi connectivity index (χ3n) is 6.02. The summed E-state index contributed by atoms with van der Waals surface area (Å²) < 4.78 is 0. The highest BCUT2D eigenvalue weighted by atomic mass is 16.2. The van der Waals surface area contributed by atoms with Gasteiger partial charge in [-0.1, -0.05) is 79.4 Å². The molecule has 0 atom stereocenters. The highest BCUT2D eigenvalue weighted by molar-refractivity contribution is 6.15. The van der Waals surface area contributed by atoms with Crippen molar-refractivity contribution in [3.8, 4) is 0 Å². The molecule has 3 nitrogen and oxygen atoms in total. The van der Waals surface area contributed by atoms with Gasteiger partial charge in [0.15, 0.2) is 5.78 Å². The number of Topliss-reactive ketones (excluding diaryl/α,β-unsaturated/α-hetero) is 1. The van der Waals surface area contributed by atoms with Crippen molar-refractivity contribution in [2.45, 2.75) is 0 Å². The predicted molar refractivity (Wildman–Crippen MR) is 136 cm³/mol. The van der Waals surface area contributed by atoms with Gasteiger partial charge in [-0.2, -0.15) is 0 Å². The summed E-state index contributed by atoms with van der Waals surface area (Å²) in [6.07, 6.45) is 5.09. The number of ketones is 1. The minimum Gasteiger partial charge on any atom is -0.330 e. The van der Waals surface area contributed by atoms with Gasteiger partial charge in [0.25, 0.3) is 0 Å². The topological polar surface area (TPSA) is 37.4 Å². The first kappa shape index (κ1) is 20.7. The van der Waals surface area contributed by atoms with Crippen LogP contribution in [0.15, 0.2) is 109 Å². The Kier molecular flexibility index (Phi) is 5.45. The summed E-state index contributed by atoms with van der Waals surface area (Å²) in [6.45, 7) is 4.16. The molecule has 0 aliphatic carbocycles. The van der Waals surface area contributed by atoms with Crippen molar-refractivity contribution in [3.05, 3.63) is 120 Å². The molecule has 0 unspecified atom stereocenters. The smallest absolute Gasteiger partial charge is 0.246 e. The van der Waals surface area contributed by atoms with E-state index in [1.165, 1.54) is 6.08 Å². The van der Waals surface area contributed by atoms with Crippen LogP contribution >= 0.6 is 0 Å². The fourth-order valence-corrected chi connectivity index (χ4v) is 4.32. The van der Waals surface area contributed by atoms with Crippen LogP contribution in [0.2, 0.25) is 0 Å². The molecule has 1 saturated heterocycles. The molecule has 160 valence electrons. The van der Waals surface area contributed by atoms with E-state index in [0.29, 0.717) is 11.1 Å². The van der Waals surface area contributed by atoms with Crippen LogP contribution in [-0.2, 0) is 9.59 Å². The van der Waals surface area contributed by atoms with Gasteiger partial charge in [-0.05, 0) is 63.0 Å². The van der Waals surface area contributed by atoms with Gasteiger partial charge in [-0.15, -0.1) is 0 Å². The van der Waals surface area contributed by atoms with E-state index in [2.05, 4.69) is 43.0 Å². The van der Waals surface area contributed by atoms with Crippen LogP contribution in [0.1, 0.15) is 11.1 Å². The number of carbonyl (C=O) groups excluding carboxylic acids is 2. The fourth-order valence-electron chi connectivity index (χ4n) is 4.32. The summed E-state index contributed by atoms with van der Waals surface area (Å²) in [4.78, 5) is 27.5. The van der Waals surface area contributed by atoms with Gasteiger partial charge in [0.1, 0.15) is 0 Å². The molecule has 1 fully saturated rings. The number of rotatable bonds is 3. The van der Waals surface area contributed by atoms with Crippen molar-refractivity contribution in [2.24, 2.45) is 0 Å². The summed E-state index contributed by atoms with van der Waals surface area (Å²) in [5.74, 6) is -0.208. The highest BCUT2D eigenvalue weighted by Gasteiger charge is 2.28. The Hall–Kier alpha value is -4.24. The normalized spacial score (nSPS) is 16.6. The monoisotopic (exact) mass is 429 g/mol. The lowest BCUT2D eigenvalue weighted by Crippen LogP contribution is -2.40. The zero-order valence-corrected chi connectivity index (χ0v) is 18.2. The van der Waals surface area contributed by atoms with Gasteiger partial charge in [-0.25, -0.2) is 0 Å². The number of carbonyl (C=O) groups is 2. The second-order valence-corrected chi connectivity index (χ2v) is 8.28. The van der Waals surface area contributed by atoms with Gasteiger partial charge < -0.3 is 4.90 Å². The Labute approximate surface area is 193 Å². The minimum absolute atomic E-state index is 0.0237. The molecule has 1 aliphatic rings. The molecule has 0 saturated carbocycles. The standard InChI is InChI=1S/C30H23NO2/c1-2-29(32)31-19-27(17-21-11-13-23-7-3-5-9-25(23)15-21)30(33)28(20-31)18-22-12-14-24-8-4-6-10-26(24)16-22/h2-18H,1,19-20H2/b27-17-,28-18+. The fraction of sp³-hybridized carbons (Fsp3) is 0.0667. The Bertz CT molecular complexity index is 1370. The zero-order valence-electron chi connectivity index (χ0n) is 18.2. The van der Waals surface area contributed by atoms with E-state index < -0.39 is 0 Å². The zero-order chi connectivity index (χ0) is 22.8. The molecule has 1 aliphatic heterocycles. The first-order valence-electron chi connectivity index (χ1n) is 11.0. The molecule has 5 rings (SSSR count). The third kappa shape index (κ3) is 4.26. The van der Waals surface area contributed by atoms with Crippen LogP contribution in [0.25, 0.3) is 33.7 Å². The van der Waals surface area contributed by atoms with Crippen molar-refractivity contribution >= 4 is 45.4 Å². The molecule has 0 radical (unpaired) electrons. The van der Waals surface area contributed by atoms with E-state index in [4.69, 9.17) is 0 Å². The number of benzene rings is 4. The van der Waals surface area contributed by atoms with Gasteiger partial charge in [0.2, 0.25) is 5.91 Å². The van der Waals surface area contributed by atoms with Crippen LogP contribution in [0.3, 0.4) is 0 Å². The average molecular weight is 430 g/mol. The predicted octanol–water partition coefficient (Wildman–Crippen LogP) is 6.06. The highest BCUT2D eigenvalue weighted by Crippen LogP contribution is 2.25. The largest absolute Gasteiger partial charge is 0.330 e. The lowest BCUT2D eigenvalue weighted by Gasteiger charge is -2.29. The van der Waals surface area contributed by atoms with Crippen molar-refractivity contribution in [1.29, 1.82) is 0 Å². The van der Waals surface area contributed by atoms with Gasteiger partial charge >= 0.3 is 0 Å². The lowest BCUT2D eigenvalue weighted by atomic mass is 9.93. The van der Waals surface area contributed by atoms with Crippen molar-refractivity contribution in [1.82, 2.24) is 4.90 Å². The summed E-state index contributed by atoms with van der Waals surface area (Å²) in [7, 11) is 0. The maximum Gasteiger partial charge on any atom is 0.246 e. The number of hydrogen-bond donors (Lipinski definition) is 0. The summed E-state index contributed by atoms with van der Waals surface area (Å²) in [5.41, 5.74) is 3.07. The molecule has 4 aromatic rings. The second-order valence-electron chi connectivity index (χ2n) is 8.28. The number of piperidine rings is 1. The van der Waals surface area contributed by atoms with Crippen molar-refractivity contribution in [3.63, 3.8) is 0 Å². The SMILES string of the molecule is C=CC(=O)N1C/C(=C/c2ccc3ccccc3c2)C(=O)/C(=C/c2ccc3ccccc3c2)C1. The first-order chi connectivity index (χ1) is 16.1. The maximum atomic E-state index is 13.4. The molecule has 1 heterocycles. The third-order valence-corrected chi connectivity index (χ3v) is 6.02. The minimum atomic E-state index is -0.184.